The van der Waals surface area contributed by atoms with E-state index in [1.165, 1.54) is 0 Å². The minimum atomic E-state index is -0.215. The van der Waals surface area contributed by atoms with Crippen molar-refractivity contribution in [1.82, 2.24) is 19.9 Å². The zero-order chi connectivity index (χ0) is 14.0. The molecule has 0 radical (unpaired) electrons. The van der Waals surface area contributed by atoms with Crippen molar-refractivity contribution in [3.8, 4) is 0 Å². The maximum atomic E-state index is 5.59. The predicted molar refractivity (Wildman–Crippen MR) is 69.2 cm³/mol. The minimum absolute atomic E-state index is 0.105. The molecule has 2 aromatic rings. The van der Waals surface area contributed by atoms with E-state index in [1.54, 1.807) is 24.2 Å². The van der Waals surface area contributed by atoms with Gasteiger partial charge in [0.1, 0.15) is 12.6 Å². The van der Waals surface area contributed by atoms with Crippen LogP contribution in [0.3, 0.4) is 0 Å². The van der Waals surface area contributed by atoms with Crippen LogP contribution in [0.1, 0.15) is 38.6 Å². The van der Waals surface area contributed by atoms with Crippen molar-refractivity contribution in [2.45, 2.75) is 33.4 Å². The Morgan fingerprint density at radius 3 is 2.74 bits per heavy atom. The van der Waals surface area contributed by atoms with Crippen LogP contribution >= 0.6 is 0 Å². The number of hydrogen-bond donors (Lipinski definition) is 1. The molecule has 2 heterocycles. The fraction of sp³-hybridized carbons (Fsp3) is 0.583. The zero-order valence-electron chi connectivity index (χ0n) is 11.6. The highest BCUT2D eigenvalue weighted by atomic mass is 16.5. The molecule has 1 atom stereocenters. The van der Waals surface area contributed by atoms with E-state index >= 15 is 0 Å². The van der Waals surface area contributed by atoms with Gasteiger partial charge in [0, 0.05) is 13.3 Å². The quantitative estimate of drug-likeness (QED) is 0.903. The first kappa shape index (κ1) is 13.5. The van der Waals surface area contributed by atoms with Crippen molar-refractivity contribution in [2.75, 3.05) is 12.8 Å². The average Bonchev–Trinajstić information content (AvgIpc) is 2.88. The highest BCUT2D eigenvalue weighted by molar-refractivity contribution is 5.30. The van der Waals surface area contributed by atoms with Gasteiger partial charge in [-0.1, -0.05) is 25.9 Å². The second kappa shape index (κ2) is 5.00. The van der Waals surface area contributed by atoms with Crippen LogP contribution in [0.2, 0.25) is 0 Å². The number of nitrogen functional groups attached to an aromatic ring is 1. The Bertz CT molecular complexity index is 540. The van der Waals surface area contributed by atoms with Crippen LogP contribution < -0.4 is 5.73 Å². The third-order valence-corrected chi connectivity index (χ3v) is 2.69. The molecule has 2 N–H and O–H groups in total. The van der Waals surface area contributed by atoms with Crippen LogP contribution in [0.25, 0.3) is 0 Å². The molecule has 2 aromatic heterocycles. The van der Waals surface area contributed by atoms with Crippen molar-refractivity contribution in [3.63, 3.8) is 0 Å². The summed E-state index contributed by atoms with van der Waals surface area (Å²) in [6.45, 7) is 6.58. The second-order valence-electron chi connectivity index (χ2n) is 5.50. The minimum Gasteiger partial charge on any atom is -0.396 e. The SMILES string of the molecule is COC(c1noc(Cn2cc(N)cn2)n1)C(C)(C)C. The molecule has 0 aliphatic rings. The summed E-state index contributed by atoms with van der Waals surface area (Å²) >= 11 is 0. The van der Waals surface area contributed by atoms with Gasteiger partial charge < -0.3 is 15.0 Å². The normalized spacial score (nSPS) is 13.7. The molecule has 0 aromatic carbocycles. The first-order valence-electron chi connectivity index (χ1n) is 6.03. The van der Waals surface area contributed by atoms with Crippen LogP contribution in [-0.4, -0.2) is 27.0 Å². The summed E-state index contributed by atoms with van der Waals surface area (Å²) in [4.78, 5) is 4.35. The molecule has 1 unspecified atom stereocenters. The largest absolute Gasteiger partial charge is 0.396 e. The summed E-state index contributed by atoms with van der Waals surface area (Å²) in [5.74, 6) is 1.02. The Morgan fingerprint density at radius 2 is 2.21 bits per heavy atom. The summed E-state index contributed by atoms with van der Waals surface area (Å²) in [5.41, 5.74) is 6.09. The Hall–Kier alpha value is -1.89. The molecule has 19 heavy (non-hydrogen) atoms. The Morgan fingerprint density at radius 1 is 1.47 bits per heavy atom. The van der Waals surface area contributed by atoms with Gasteiger partial charge in [-0.25, -0.2) is 0 Å². The van der Waals surface area contributed by atoms with E-state index < -0.39 is 0 Å². The second-order valence-corrected chi connectivity index (χ2v) is 5.50. The summed E-state index contributed by atoms with van der Waals surface area (Å²) < 4.78 is 12.3. The molecule has 2 rings (SSSR count). The Labute approximate surface area is 111 Å². The summed E-state index contributed by atoms with van der Waals surface area (Å²) in [6, 6.07) is 0. The Balaban J connectivity index is 2.14. The molecule has 0 saturated heterocycles. The zero-order valence-corrected chi connectivity index (χ0v) is 11.6. The number of nitrogens with zero attached hydrogens (tertiary/aromatic N) is 4. The van der Waals surface area contributed by atoms with E-state index in [2.05, 4.69) is 36.0 Å². The molecular formula is C12H19N5O2. The van der Waals surface area contributed by atoms with Gasteiger partial charge in [-0.05, 0) is 5.41 Å². The number of nitrogens with two attached hydrogens (primary N) is 1. The number of rotatable bonds is 4. The van der Waals surface area contributed by atoms with Gasteiger partial charge >= 0.3 is 0 Å². The smallest absolute Gasteiger partial charge is 0.248 e. The maximum absolute atomic E-state index is 5.59. The van der Waals surface area contributed by atoms with Crippen molar-refractivity contribution in [3.05, 3.63) is 24.1 Å². The van der Waals surface area contributed by atoms with Crippen molar-refractivity contribution in [1.29, 1.82) is 0 Å². The molecule has 0 spiro atoms. The third-order valence-electron chi connectivity index (χ3n) is 2.69. The topological polar surface area (TPSA) is 92.0 Å². The molecule has 0 fully saturated rings. The van der Waals surface area contributed by atoms with E-state index in [9.17, 15) is 0 Å². The summed E-state index contributed by atoms with van der Waals surface area (Å²) in [7, 11) is 1.64. The molecule has 0 amide bonds. The molecule has 7 heteroatoms. The number of methoxy groups -OCH3 is 1. The molecule has 0 aliphatic carbocycles. The highest BCUT2D eigenvalue weighted by Crippen LogP contribution is 2.33. The number of aromatic nitrogens is 4. The fourth-order valence-corrected chi connectivity index (χ4v) is 1.89. The lowest BCUT2D eigenvalue weighted by Gasteiger charge is -2.26. The van der Waals surface area contributed by atoms with Crippen LogP contribution in [0.15, 0.2) is 16.9 Å². The van der Waals surface area contributed by atoms with Gasteiger partial charge in [-0.2, -0.15) is 10.1 Å². The van der Waals surface area contributed by atoms with Crippen LogP contribution in [0.5, 0.6) is 0 Å². The lowest BCUT2D eigenvalue weighted by molar-refractivity contribution is 0.00718. The monoisotopic (exact) mass is 265 g/mol. The summed E-state index contributed by atoms with van der Waals surface area (Å²) in [6.07, 6.45) is 3.07. The van der Waals surface area contributed by atoms with Crippen molar-refractivity contribution < 1.29 is 9.26 Å². The van der Waals surface area contributed by atoms with Gasteiger partial charge in [0.2, 0.25) is 11.7 Å². The third kappa shape index (κ3) is 3.11. The highest BCUT2D eigenvalue weighted by Gasteiger charge is 2.30. The maximum Gasteiger partial charge on any atom is 0.248 e. The number of anilines is 1. The van der Waals surface area contributed by atoms with Gasteiger partial charge in [-0.3, -0.25) is 4.68 Å². The molecule has 7 nitrogen and oxygen atoms in total. The Kier molecular flexibility index (Phi) is 3.57. The summed E-state index contributed by atoms with van der Waals surface area (Å²) in [5, 5.41) is 8.04. The number of ether oxygens (including phenoxy) is 1. The number of hydrogen-bond acceptors (Lipinski definition) is 6. The lowest BCUT2D eigenvalue weighted by Crippen LogP contribution is -2.21. The lowest BCUT2D eigenvalue weighted by atomic mass is 9.88. The van der Waals surface area contributed by atoms with E-state index in [0.717, 1.165) is 0 Å². The molecule has 0 saturated carbocycles. The van der Waals surface area contributed by atoms with Crippen LogP contribution in [0, 0.1) is 5.41 Å². The molecule has 0 bridgehead atoms. The predicted octanol–water partition coefficient (Wildman–Crippen LogP) is 1.63. The average molecular weight is 265 g/mol. The molecular weight excluding hydrogens is 246 g/mol. The van der Waals surface area contributed by atoms with Gasteiger partial charge in [0.15, 0.2) is 0 Å². The van der Waals surface area contributed by atoms with Crippen LogP contribution in [-0.2, 0) is 11.3 Å². The molecule has 0 aliphatic heterocycles. The fourth-order valence-electron chi connectivity index (χ4n) is 1.89. The van der Waals surface area contributed by atoms with E-state index in [1.807, 2.05) is 0 Å². The first-order chi connectivity index (χ1) is 8.90. The van der Waals surface area contributed by atoms with Crippen molar-refractivity contribution in [2.24, 2.45) is 5.41 Å². The molecule has 104 valence electrons. The van der Waals surface area contributed by atoms with Gasteiger partial charge in [-0.15, -0.1) is 0 Å². The van der Waals surface area contributed by atoms with Crippen molar-refractivity contribution >= 4 is 5.69 Å². The van der Waals surface area contributed by atoms with Gasteiger partial charge in [0.05, 0.1) is 11.9 Å². The first-order valence-corrected chi connectivity index (χ1v) is 6.03. The van der Waals surface area contributed by atoms with E-state index in [0.29, 0.717) is 23.9 Å². The van der Waals surface area contributed by atoms with E-state index in [4.69, 9.17) is 15.0 Å². The standard InChI is InChI=1S/C12H19N5O2/c1-12(2,3)10(18-4)11-15-9(19-16-11)7-17-6-8(13)5-14-17/h5-6,10H,7,13H2,1-4H3. The van der Waals surface area contributed by atoms with Crippen LogP contribution in [0.4, 0.5) is 5.69 Å². The van der Waals surface area contributed by atoms with Gasteiger partial charge in [0.25, 0.3) is 0 Å². The van der Waals surface area contributed by atoms with E-state index in [-0.39, 0.29) is 11.5 Å².